The van der Waals surface area contributed by atoms with Crippen molar-refractivity contribution in [2.24, 2.45) is 0 Å². The van der Waals surface area contributed by atoms with Crippen molar-refractivity contribution >= 4 is 8.07 Å². The number of hydrogen-bond donors (Lipinski definition) is 1. The molecule has 0 heterocycles. The predicted molar refractivity (Wildman–Crippen MR) is 60.1 cm³/mol. The molecule has 0 bridgehead atoms. The molecule has 0 radical (unpaired) electrons. The van der Waals surface area contributed by atoms with E-state index >= 15 is 0 Å². The standard InChI is InChI=1S/C10H24NP/c1-8(2)12(9(3)4)11-10(5,6)7/h8-9,11H,1-7H3. The minimum atomic E-state index is -0.0167. The minimum Gasteiger partial charge on any atom is -0.290 e. The van der Waals surface area contributed by atoms with Crippen LogP contribution in [0, 0.1) is 0 Å². The molecule has 0 aliphatic rings. The maximum atomic E-state index is 3.72. The van der Waals surface area contributed by atoms with Gasteiger partial charge < -0.3 is 0 Å². The van der Waals surface area contributed by atoms with Gasteiger partial charge in [0.2, 0.25) is 0 Å². The van der Waals surface area contributed by atoms with Crippen LogP contribution in [0.3, 0.4) is 0 Å². The molecule has 0 fully saturated rings. The van der Waals surface area contributed by atoms with Gasteiger partial charge in [-0.1, -0.05) is 27.7 Å². The summed E-state index contributed by atoms with van der Waals surface area (Å²) in [6.07, 6.45) is 0. The molecule has 0 spiro atoms. The number of nitrogens with one attached hydrogen (secondary N) is 1. The molecule has 0 atom stereocenters. The highest BCUT2D eigenvalue weighted by molar-refractivity contribution is 7.57. The van der Waals surface area contributed by atoms with Gasteiger partial charge in [-0.3, -0.25) is 5.09 Å². The Kier molecular flexibility index (Phi) is 4.73. The summed E-state index contributed by atoms with van der Waals surface area (Å²) in [5.41, 5.74) is 1.82. The third kappa shape index (κ3) is 5.11. The van der Waals surface area contributed by atoms with Crippen LogP contribution in [0.25, 0.3) is 0 Å². The van der Waals surface area contributed by atoms with E-state index in [-0.39, 0.29) is 13.6 Å². The van der Waals surface area contributed by atoms with Crippen LogP contribution < -0.4 is 5.09 Å². The van der Waals surface area contributed by atoms with Crippen molar-refractivity contribution in [2.75, 3.05) is 0 Å². The molecule has 0 aliphatic heterocycles. The summed E-state index contributed by atoms with van der Waals surface area (Å²) in [5, 5.41) is 3.72. The van der Waals surface area contributed by atoms with Crippen LogP contribution >= 0.6 is 8.07 Å². The highest BCUT2D eigenvalue weighted by Crippen LogP contribution is 2.43. The summed E-state index contributed by atoms with van der Waals surface area (Å²) in [7, 11) is -0.0167. The molecule has 74 valence electrons. The second kappa shape index (κ2) is 4.58. The predicted octanol–water partition coefficient (Wildman–Crippen LogP) is 3.59. The average Bonchev–Trinajstić information content (AvgIpc) is 1.79. The lowest BCUT2D eigenvalue weighted by atomic mass is 10.1. The summed E-state index contributed by atoms with van der Waals surface area (Å²) in [6, 6.07) is 0. The molecule has 0 rings (SSSR count). The Morgan fingerprint density at radius 2 is 1.25 bits per heavy atom. The first-order valence-electron chi connectivity index (χ1n) is 4.80. The van der Waals surface area contributed by atoms with E-state index in [0.29, 0.717) is 0 Å². The molecule has 0 aromatic rings. The van der Waals surface area contributed by atoms with E-state index in [1.165, 1.54) is 0 Å². The molecular formula is C10H24NP. The van der Waals surface area contributed by atoms with Crippen molar-refractivity contribution in [3.05, 3.63) is 0 Å². The second-order valence-corrected chi connectivity index (χ2v) is 8.06. The van der Waals surface area contributed by atoms with Crippen molar-refractivity contribution in [3.63, 3.8) is 0 Å². The molecule has 0 saturated carbocycles. The lowest BCUT2D eigenvalue weighted by Crippen LogP contribution is -2.35. The summed E-state index contributed by atoms with van der Waals surface area (Å²) in [4.78, 5) is 0. The van der Waals surface area contributed by atoms with Crippen molar-refractivity contribution < 1.29 is 0 Å². The van der Waals surface area contributed by atoms with Crippen LogP contribution in [-0.4, -0.2) is 16.9 Å². The van der Waals surface area contributed by atoms with E-state index in [2.05, 4.69) is 53.6 Å². The molecule has 12 heavy (non-hydrogen) atoms. The zero-order valence-electron chi connectivity index (χ0n) is 9.60. The zero-order valence-corrected chi connectivity index (χ0v) is 10.5. The van der Waals surface area contributed by atoms with Crippen LogP contribution in [0.4, 0.5) is 0 Å². The van der Waals surface area contributed by atoms with Gasteiger partial charge in [0, 0.05) is 5.54 Å². The van der Waals surface area contributed by atoms with Gasteiger partial charge in [-0.25, -0.2) is 0 Å². The largest absolute Gasteiger partial charge is 0.290 e. The first-order valence-corrected chi connectivity index (χ1v) is 6.28. The second-order valence-electron chi connectivity index (χ2n) is 4.96. The normalized spacial score (nSPS) is 13.5. The Labute approximate surface area is 79.1 Å². The average molecular weight is 189 g/mol. The van der Waals surface area contributed by atoms with Gasteiger partial charge in [-0.05, 0) is 40.2 Å². The Balaban J connectivity index is 4.15. The Morgan fingerprint density at radius 1 is 0.917 bits per heavy atom. The fraction of sp³-hybridized carbons (Fsp3) is 1.00. The molecular weight excluding hydrogens is 165 g/mol. The highest BCUT2D eigenvalue weighted by Gasteiger charge is 2.21. The van der Waals surface area contributed by atoms with Gasteiger partial charge in [0.05, 0.1) is 0 Å². The third-order valence-corrected chi connectivity index (χ3v) is 4.73. The van der Waals surface area contributed by atoms with Crippen LogP contribution in [-0.2, 0) is 0 Å². The Hall–Kier alpha value is 0.390. The maximum absolute atomic E-state index is 3.72. The van der Waals surface area contributed by atoms with E-state index in [0.717, 1.165) is 11.3 Å². The molecule has 0 aromatic heterocycles. The van der Waals surface area contributed by atoms with Crippen LogP contribution in [0.2, 0.25) is 0 Å². The fourth-order valence-electron chi connectivity index (χ4n) is 1.24. The summed E-state index contributed by atoms with van der Waals surface area (Å²) in [5.74, 6) is 0. The summed E-state index contributed by atoms with van der Waals surface area (Å²) < 4.78 is 0. The van der Waals surface area contributed by atoms with E-state index in [1.807, 2.05) is 0 Å². The molecule has 0 aromatic carbocycles. The van der Waals surface area contributed by atoms with E-state index in [1.54, 1.807) is 0 Å². The lowest BCUT2D eigenvalue weighted by molar-refractivity contribution is 0.524. The molecule has 1 nitrogen and oxygen atoms in total. The van der Waals surface area contributed by atoms with E-state index in [4.69, 9.17) is 0 Å². The van der Waals surface area contributed by atoms with Crippen molar-refractivity contribution in [1.29, 1.82) is 0 Å². The molecule has 2 heteroatoms. The van der Waals surface area contributed by atoms with E-state index in [9.17, 15) is 0 Å². The van der Waals surface area contributed by atoms with Crippen molar-refractivity contribution in [2.45, 2.75) is 65.3 Å². The molecule has 1 N–H and O–H groups in total. The lowest BCUT2D eigenvalue weighted by Gasteiger charge is -2.34. The monoisotopic (exact) mass is 189 g/mol. The van der Waals surface area contributed by atoms with Gasteiger partial charge >= 0.3 is 0 Å². The fourth-order valence-corrected chi connectivity index (χ4v) is 3.73. The van der Waals surface area contributed by atoms with E-state index < -0.39 is 0 Å². The summed E-state index contributed by atoms with van der Waals surface area (Å²) in [6.45, 7) is 16.0. The topological polar surface area (TPSA) is 12.0 Å². The Bertz CT molecular complexity index is 116. The quantitative estimate of drug-likeness (QED) is 0.669. The first-order chi connectivity index (χ1) is 5.24. The molecule has 0 aliphatic carbocycles. The maximum Gasteiger partial charge on any atom is 0.0133 e. The molecule has 0 unspecified atom stereocenters. The van der Waals surface area contributed by atoms with Gasteiger partial charge in [0.15, 0.2) is 0 Å². The van der Waals surface area contributed by atoms with Gasteiger partial charge in [-0.2, -0.15) is 0 Å². The van der Waals surface area contributed by atoms with Gasteiger partial charge in [0.25, 0.3) is 0 Å². The van der Waals surface area contributed by atoms with Crippen LogP contribution in [0.15, 0.2) is 0 Å². The first kappa shape index (κ1) is 12.4. The highest BCUT2D eigenvalue weighted by atomic mass is 31.1. The van der Waals surface area contributed by atoms with Crippen LogP contribution in [0.1, 0.15) is 48.5 Å². The minimum absolute atomic E-state index is 0.0167. The van der Waals surface area contributed by atoms with Crippen LogP contribution in [0.5, 0.6) is 0 Å². The number of hydrogen-bond acceptors (Lipinski definition) is 1. The smallest absolute Gasteiger partial charge is 0.0133 e. The van der Waals surface area contributed by atoms with Gasteiger partial charge in [0.1, 0.15) is 0 Å². The van der Waals surface area contributed by atoms with Crippen molar-refractivity contribution in [3.8, 4) is 0 Å². The van der Waals surface area contributed by atoms with Crippen molar-refractivity contribution in [1.82, 2.24) is 5.09 Å². The Morgan fingerprint density at radius 3 is 1.33 bits per heavy atom. The van der Waals surface area contributed by atoms with Gasteiger partial charge in [-0.15, -0.1) is 0 Å². The summed E-state index contributed by atoms with van der Waals surface area (Å²) >= 11 is 0. The zero-order chi connectivity index (χ0) is 9.94. The SMILES string of the molecule is CC(C)P(NC(C)(C)C)C(C)C. The molecule has 0 saturated heterocycles. The number of rotatable bonds is 3. The molecule has 0 amide bonds. The third-order valence-electron chi connectivity index (χ3n) is 1.58.